The maximum atomic E-state index is 9.41. The average Bonchev–Trinajstić information content (AvgIpc) is 2.51. The van der Waals surface area contributed by atoms with Crippen LogP contribution in [0.25, 0.3) is 0 Å². The Balaban J connectivity index is 2.34. The largest absolute Gasteiger partial charge is 0.490 e. The minimum Gasteiger partial charge on any atom is -0.490 e. The lowest BCUT2D eigenvalue weighted by Crippen LogP contribution is -2.19. The molecule has 23 heavy (non-hydrogen) atoms. The summed E-state index contributed by atoms with van der Waals surface area (Å²) in [7, 11) is 0. The molecule has 0 aliphatic heterocycles. The van der Waals surface area contributed by atoms with Gasteiger partial charge in [-0.2, -0.15) is 0 Å². The Hall–Kier alpha value is -0.0600. The van der Waals surface area contributed by atoms with Gasteiger partial charge < -0.3 is 14.5 Å². The monoisotopic (exact) mass is 376 g/mol. The molecule has 3 nitrogen and oxygen atoms in total. The third kappa shape index (κ3) is 12.0. The predicted molar refractivity (Wildman–Crippen MR) is 105 cm³/mol. The van der Waals surface area contributed by atoms with Gasteiger partial charge in [0.15, 0.2) is 0 Å². The summed E-state index contributed by atoms with van der Waals surface area (Å²) < 4.78 is 5.98. The van der Waals surface area contributed by atoms with Crippen molar-refractivity contribution in [2.24, 2.45) is 0 Å². The van der Waals surface area contributed by atoms with Gasteiger partial charge in [0, 0.05) is 5.75 Å². The highest BCUT2D eigenvalue weighted by molar-refractivity contribution is 8.67. The van der Waals surface area contributed by atoms with Crippen molar-refractivity contribution in [2.45, 2.75) is 64.4 Å². The zero-order chi connectivity index (χ0) is 17.0. The summed E-state index contributed by atoms with van der Waals surface area (Å²) in [5.41, 5.74) is -3.21. The highest BCUT2D eigenvalue weighted by Crippen LogP contribution is 2.51. The van der Waals surface area contributed by atoms with Crippen LogP contribution in [-0.4, -0.2) is 21.6 Å². The predicted octanol–water partition coefficient (Wildman–Crippen LogP) is 5.52. The first-order valence-corrected chi connectivity index (χ1v) is 12.7. The van der Waals surface area contributed by atoms with Crippen molar-refractivity contribution in [2.75, 3.05) is 5.75 Å². The standard InChI is InChI=1S/C17H29O3PS2/c1-2-3-4-5-6-7-9-14-17(15-23-21(18,19)22)20-16-12-10-8-11-13-16/h8,10-13,17H,2-7,9,14-15H2,1H3,(H2,18,19,22). The van der Waals surface area contributed by atoms with Crippen LogP contribution in [0.5, 0.6) is 5.75 Å². The summed E-state index contributed by atoms with van der Waals surface area (Å²) in [6, 6.07) is 9.69. The first kappa shape index (κ1) is 21.0. The van der Waals surface area contributed by atoms with Crippen molar-refractivity contribution in [1.29, 1.82) is 0 Å². The number of unbranched alkanes of at least 4 members (excludes halogenated alkanes) is 6. The molecule has 0 aliphatic rings. The summed E-state index contributed by atoms with van der Waals surface area (Å²) in [5.74, 6) is 1.35. The van der Waals surface area contributed by atoms with E-state index < -0.39 is 5.69 Å². The fourth-order valence-electron chi connectivity index (χ4n) is 2.38. The summed E-state index contributed by atoms with van der Waals surface area (Å²) >= 11 is 5.74. The number of benzene rings is 1. The van der Waals surface area contributed by atoms with Gasteiger partial charge in [0.2, 0.25) is 5.69 Å². The molecule has 0 amide bonds. The van der Waals surface area contributed by atoms with E-state index in [-0.39, 0.29) is 6.10 Å². The second-order valence-electron chi connectivity index (χ2n) is 5.75. The Morgan fingerprint density at radius 3 is 2.26 bits per heavy atom. The van der Waals surface area contributed by atoms with E-state index in [1.54, 1.807) is 0 Å². The number of rotatable bonds is 13. The topological polar surface area (TPSA) is 49.7 Å². The number of para-hydroxylation sites is 1. The minimum atomic E-state index is -3.21. The van der Waals surface area contributed by atoms with Crippen LogP contribution in [0.15, 0.2) is 30.3 Å². The van der Waals surface area contributed by atoms with E-state index in [0.29, 0.717) is 5.75 Å². The van der Waals surface area contributed by atoms with E-state index in [0.717, 1.165) is 30.0 Å². The molecule has 1 unspecified atom stereocenters. The maximum absolute atomic E-state index is 9.41. The molecule has 1 rings (SSSR count). The molecule has 0 fully saturated rings. The molecule has 6 heteroatoms. The molecule has 0 spiro atoms. The molecular formula is C17H29O3PS2. The number of hydrogen-bond donors (Lipinski definition) is 2. The van der Waals surface area contributed by atoms with Crippen molar-refractivity contribution in [3.63, 3.8) is 0 Å². The van der Waals surface area contributed by atoms with Crippen LogP contribution >= 0.6 is 17.1 Å². The normalized spacial score (nSPS) is 13.0. The molecule has 0 aliphatic carbocycles. The fraction of sp³-hybridized carbons (Fsp3) is 0.647. The summed E-state index contributed by atoms with van der Waals surface area (Å²) in [6.45, 7) is 2.23. The van der Waals surface area contributed by atoms with Gasteiger partial charge in [0.25, 0.3) is 0 Å². The van der Waals surface area contributed by atoms with Gasteiger partial charge >= 0.3 is 0 Å². The molecular weight excluding hydrogens is 347 g/mol. The van der Waals surface area contributed by atoms with Crippen LogP contribution in [0.2, 0.25) is 0 Å². The molecule has 1 atom stereocenters. The van der Waals surface area contributed by atoms with Gasteiger partial charge in [-0.05, 0) is 36.8 Å². The summed E-state index contributed by atoms with van der Waals surface area (Å²) in [4.78, 5) is 18.8. The van der Waals surface area contributed by atoms with E-state index in [2.05, 4.69) is 6.92 Å². The molecule has 2 N–H and O–H groups in total. The molecule has 0 aromatic heterocycles. The van der Waals surface area contributed by atoms with Crippen LogP contribution in [0, 0.1) is 0 Å². The van der Waals surface area contributed by atoms with Crippen molar-refractivity contribution in [1.82, 2.24) is 0 Å². The van der Waals surface area contributed by atoms with Crippen molar-refractivity contribution in [3.8, 4) is 5.75 Å². The SMILES string of the molecule is CCCCCCCCCC(CSP(O)(O)=S)Oc1ccccc1. The minimum absolute atomic E-state index is 0.0281. The highest BCUT2D eigenvalue weighted by Gasteiger charge is 2.16. The lowest BCUT2D eigenvalue weighted by molar-refractivity contribution is 0.211. The third-order valence-electron chi connectivity index (χ3n) is 3.60. The van der Waals surface area contributed by atoms with E-state index in [1.807, 2.05) is 30.3 Å². The van der Waals surface area contributed by atoms with Crippen LogP contribution in [0.4, 0.5) is 0 Å². The van der Waals surface area contributed by atoms with Gasteiger partial charge in [-0.15, -0.1) is 0 Å². The molecule has 0 saturated carbocycles. The summed E-state index contributed by atoms with van der Waals surface area (Å²) in [5, 5.41) is 0. The van der Waals surface area contributed by atoms with Crippen LogP contribution in [-0.2, 0) is 11.8 Å². The zero-order valence-electron chi connectivity index (χ0n) is 13.9. The Morgan fingerprint density at radius 1 is 1.04 bits per heavy atom. The van der Waals surface area contributed by atoms with E-state index in [1.165, 1.54) is 38.5 Å². The van der Waals surface area contributed by atoms with Crippen molar-refractivity contribution >= 4 is 28.9 Å². The van der Waals surface area contributed by atoms with Gasteiger partial charge in [-0.1, -0.05) is 75.0 Å². The van der Waals surface area contributed by atoms with Gasteiger partial charge in [-0.25, -0.2) is 0 Å². The first-order chi connectivity index (χ1) is 11.0. The van der Waals surface area contributed by atoms with Crippen molar-refractivity contribution < 1.29 is 14.5 Å². The van der Waals surface area contributed by atoms with Gasteiger partial charge in [0.05, 0.1) is 0 Å². The fourth-order valence-corrected chi connectivity index (χ4v) is 4.60. The molecule has 1 aromatic rings. The first-order valence-electron chi connectivity index (χ1n) is 8.43. The Labute approximate surface area is 149 Å². The second kappa shape index (κ2) is 12.3. The van der Waals surface area contributed by atoms with Crippen LogP contribution in [0.1, 0.15) is 58.3 Å². The molecule has 132 valence electrons. The molecule has 0 bridgehead atoms. The number of hydrogen-bond acceptors (Lipinski definition) is 3. The maximum Gasteiger partial charge on any atom is 0.242 e. The second-order valence-corrected chi connectivity index (χ2v) is 11.8. The van der Waals surface area contributed by atoms with E-state index in [9.17, 15) is 9.79 Å². The Kier molecular flexibility index (Phi) is 11.2. The summed E-state index contributed by atoms with van der Waals surface area (Å²) in [6.07, 6.45) is 9.70. The zero-order valence-corrected chi connectivity index (χ0v) is 16.4. The lowest BCUT2D eigenvalue weighted by Gasteiger charge is -2.20. The van der Waals surface area contributed by atoms with Gasteiger partial charge in [0.1, 0.15) is 11.9 Å². The van der Waals surface area contributed by atoms with Gasteiger partial charge in [-0.3, -0.25) is 0 Å². The molecule has 1 aromatic carbocycles. The van der Waals surface area contributed by atoms with E-state index >= 15 is 0 Å². The molecule has 0 radical (unpaired) electrons. The molecule has 0 saturated heterocycles. The third-order valence-corrected chi connectivity index (χ3v) is 6.87. The van der Waals surface area contributed by atoms with Crippen LogP contribution in [0.3, 0.4) is 0 Å². The highest BCUT2D eigenvalue weighted by atomic mass is 32.9. The number of ether oxygens (including phenoxy) is 1. The quantitative estimate of drug-likeness (QED) is 0.351. The Morgan fingerprint density at radius 2 is 1.65 bits per heavy atom. The lowest BCUT2D eigenvalue weighted by atomic mass is 10.1. The molecule has 0 heterocycles. The Bertz CT molecular complexity index is 450. The smallest absolute Gasteiger partial charge is 0.242 e. The van der Waals surface area contributed by atoms with Crippen LogP contribution < -0.4 is 4.74 Å². The average molecular weight is 377 g/mol. The van der Waals surface area contributed by atoms with Crippen molar-refractivity contribution in [3.05, 3.63) is 30.3 Å². The van der Waals surface area contributed by atoms with E-state index in [4.69, 9.17) is 16.5 Å².